The fourth-order valence-corrected chi connectivity index (χ4v) is 3.33. The number of hydrogen-bond acceptors (Lipinski definition) is 8. The predicted octanol–water partition coefficient (Wildman–Crippen LogP) is -1.92. The maximum absolute atomic E-state index is 12.8. The number of nitrogens with zero attached hydrogens (tertiary/aromatic N) is 1. The van der Waals surface area contributed by atoms with Crippen LogP contribution in [-0.4, -0.2) is 87.0 Å². The Morgan fingerprint density at radius 2 is 1.69 bits per heavy atom. The van der Waals surface area contributed by atoms with Gasteiger partial charge in [0.2, 0.25) is 17.7 Å². The molecule has 1 fully saturated rings. The fraction of sp³-hybridized carbons (Fsp3) is 0.688. The molecule has 0 aromatic heterocycles. The number of amides is 3. The van der Waals surface area contributed by atoms with Crippen LogP contribution in [0.4, 0.5) is 0 Å². The average Bonchev–Trinajstić information content (AvgIpc) is 3.16. The van der Waals surface area contributed by atoms with Crippen LogP contribution in [0.5, 0.6) is 0 Å². The Hall–Kier alpha value is -1.99. The van der Waals surface area contributed by atoms with E-state index >= 15 is 0 Å². The third-order valence-corrected chi connectivity index (χ3v) is 5.17. The predicted molar refractivity (Wildman–Crippen MR) is 109 cm³/mol. The summed E-state index contributed by atoms with van der Waals surface area (Å²) >= 11 is 7.96. The van der Waals surface area contributed by atoms with E-state index in [0.717, 1.165) is 0 Å². The van der Waals surface area contributed by atoms with Gasteiger partial charge in [-0.1, -0.05) is 0 Å². The number of nitrogens with two attached hydrogens (primary N) is 1. The van der Waals surface area contributed by atoms with E-state index in [-0.39, 0.29) is 30.9 Å². The molecule has 1 aliphatic rings. The minimum Gasteiger partial charge on any atom is -0.481 e. The van der Waals surface area contributed by atoms with Gasteiger partial charge < -0.3 is 31.5 Å². The quantitative estimate of drug-likeness (QED) is 0.178. The van der Waals surface area contributed by atoms with E-state index in [4.69, 9.17) is 15.9 Å². The molecule has 3 amide bonds. The Morgan fingerprint density at radius 1 is 1.07 bits per heavy atom. The van der Waals surface area contributed by atoms with Crippen molar-refractivity contribution in [3.05, 3.63) is 0 Å². The highest BCUT2D eigenvalue weighted by molar-refractivity contribution is 7.80. The summed E-state index contributed by atoms with van der Waals surface area (Å²) in [5.74, 6) is -4.35. The highest BCUT2D eigenvalue weighted by Gasteiger charge is 2.38. The van der Waals surface area contributed by atoms with Crippen LogP contribution in [0.15, 0.2) is 0 Å². The number of carboxylic acids is 2. The number of carbonyl (C=O) groups excluding carboxylic acids is 3. The molecule has 1 heterocycles. The number of aliphatic carboxylic acids is 2. The molecule has 0 bridgehead atoms. The van der Waals surface area contributed by atoms with Gasteiger partial charge in [-0.2, -0.15) is 25.3 Å². The highest BCUT2D eigenvalue weighted by atomic mass is 32.1. The molecule has 164 valence electrons. The number of thiol groups is 2. The number of hydrogen-bond donors (Lipinski definition) is 7. The van der Waals surface area contributed by atoms with Crippen LogP contribution in [0.2, 0.25) is 0 Å². The third kappa shape index (κ3) is 7.40. The number of likely N-dealkylation sites (tertiary alicyclic amines) is 1. The van der Waals surface area contributed by atoms with Crippen LogP contribution in [0, 0.1) is 0 Å². The molecule has 1 rings (SSSR count). The van der Waals surface area contributed by atoms with Crippen LogP contribution in [0.3, 0.4) is 0 Å². The van der Waals surface area contributed by atoms with Gasteiger partial charge in [0.1, 0.15) is 18.1 Å². The molecular weight excluding hydrogens is 424 g/mol. The van der Waals surface area contributed by atoms with Crippen LogP contribution in [-0.2, 0) is 24.0 Å². The number of carboxylic acid groups (broad SMARTS) is 2. The van der Waals surface area contributed by atoms with Crippen LogP contribution < -0.4 is 16.4 Å². The van der Waals surface area contributed by atoms with E-state index in [1.807, 2.05) is 0 Å². The van der Waals surface area contributed by atoms with Gasteiger partial charge >= 0.3 is 11.9 Å². The zero-order chi connectivity index (χ0) is 22.1. The van der Waals surface area contributed by atoms with Gasteiger partial charge in [-0.25, -0.2) is 4.79 Å². The third-order valence-electron chi connectivity index (χ3n) is 4.44. The molecule has 6 N–H and O–H groups in total. The van der Waals surface area contributed by atoms with Crippen LogP contribution in [0.25, 0.3) is 0 Å². The summed E-state index contributed by atoms with van der Waals surface area (Å²) < 4.78 is 0. The Kier molecular flexibility index (Phi) is 10.3. The normalized spacial score (nSPS) is 19.1. The van der Waals surface area contributed by atoms with Gasteiger partial charge in [0.25, 0.3) is 0 Å². The first-order valence-electron chi connectivity index (χ1n) is 8.95. The topological polar surface area (TPSA) is 179 Å². The fourth-order valence-electron chi connectivity index (χ4n) is 2.83. The van der Waals surface area contributed by atoms with Crippen molar-refractivity contribution in [3.8, 4) is 0 Å². The van der Waals surface area contributed by atoms with Crippen molar-refractivity contribution >= 4 is 54.9 Å². The Morgan fingerprint density at radius 3 is 2.21 bits per heavy atom. The van der Waals surface area contributed by atoms with Crippen molar-refractivity contribution < 1.29 is 34.2 Å². The largest absolute Gasteiger partial charge is 0.481 e. The number of rotatable bonds is 11. The molecule has 29 heavy (non-hydrogen) atoms. The molecule has 0 aliphatic carbocycles. The van der Waals surface area contributed by atoms with Crippen molar-refractivity contribution in [2.75, 3.05) is 18.1 Å². The van der Waals surface area contributed by atoms with E-state index in [9.17, 15) is 24.0 Å². The van der Waals surface area contributed by atoms with Gasteiger partial charge in [0.05, 0.1) is 6.04 Å². The Bertz CT molecular complexity index is 649. The first kappa shape index (κ1) is 25.0. The van der Waals surface area contributed by atoms with E-state index in [2.05, 4.69) is 35.9 Å². The summed E-state index contributed by atoms with van der Waals surface area (Å²) in [6.07, 6.45) is 0.498. The lowest BCUT2D eigenvalue weighted by atomic mass is 10.1. The van der Waals surface area contributed by atoms with Gasteiger partial charge in [-0.3, -0.25) is 19.2 Å². The monoisotopic (exact) mass is 450 g/mol. The summed E-state index contributed by atoms with van der Waals surface area (Å²) in [6, 6.07) is -4.22. The summed E-state index contributed by atoms with van der Waals surface area (Å²) in [5.41, 5.74) is 5.64. The second-order valence-corrected chi connectivity index (χ2v) is 7.28. The van der Waals surface area contributed by atoms with Crippen molar-refractivity contribution in [1.29, 1.82) is 0 Å². The SMILES string of the molecule is NC(CCC(=O)O)C(=O)NC(CS)C(=O)N1CCCC1C(=O)NC(CS)C(=O)O. The summed E-state index contributed by atoms with van der Waals surface area (Å²) in [4.78, 5) is 60.3. The minimum absolute atomic E-state index is 0.0601. The minimum atomic E-state index is -1.24. The lowest BCUT2D eigenvalue weighted by Crippen LogP contribution is -2.57. The molecule has 0 aromatic rings. The zero-order valence-corrected chi connectivity index (χ0v) is 17.4. The lowest BCUT2D eigenvalue weighted by Gasteiger charge is -2.29. The lowest BCUT2D eigenvalue weighted by molar-refractivity contribution is -0.144. The van der Waals surface area contributed by atoms with E-state index in [1.165, 1.54) is 4.90 Å². The smallest absolute Gasteiger partial charge is 0.327 e. The van der Waals surface area contributed by atoms with Crippen molar-refractivity contribution in [3.63, 3.8) is 0 Å². The molecule has 1 saturated heterocycles. The molecule has 11 nitrogen and oxygen atoms in total. The van der Waals surface area contributed by atoms with Crippen LogP contribution >= 0.6 is 25.3 Å². The van der Waals surface area contributed by atoms with Crippen molar-refractivity contribution in [2.45, 2.75) is 49.9 Å². The van der Waals surface area contributed by atoms with Gasteiger partial charge in [0.15, 0.2) is 0 Å². The second-order valence-electron chi connectivity index (χ2n) is 6.55. The number of carbonyl (C=O) groups is 5. The van der Waals surface area contributed by atoms with Crippen LogP contribution in [0.1, 0.15) is 25.7 Å². The van der Waals surface area contributed by atoms with Gasteiger partial charge in [-0.05, 0) is 19.3 Å². The number of nitrogens with one attached hydrogen (secondary N) is 2. The Balaban J connectivity index is 2.76. The van der Waals surface area contributed by atoms with Gasteiger partial charge in [-0.15, -0.1) is 0 Å². The molecule has 4 atom stereocenters. The van der Waals surface area contributed by atoms with E-state index in [1.54, 1.807) is 0 Å². The molecule has 0 spiro atoms. The molecule has 13 heteroatoms. The standard InChI is InChI=1S/C16H26N4O7S2/c17-8(3-4-12(21)22)13(23)18-9(6-28)15(25)20-5-1-2-11(20)14(24)19-10(7-29)16(26)27/h8-11,28-29H,1-7,17H2,(H,18,23)(H,19,24)(H,21,22)(H,26,27). The van der Waals surface area contributed by atoms with Gasteiger partial charge in [0, 0.05) is 24.5 Å². The summed E-state index contributed by atoms with van der Waals surface area (Å²) in [5, 5.41) is 22.5. The second kappa shape index (κ2) is 11.9. The summed E-state index contributed by atoms with van der Waals surface area (Å²) in [6.45, 7) is 0.265. The van der Waals surface area contributed by atoms with E-state index < -0.39 is 53.8 Å². The first-order chi connectivity index (χ1) is 13.6. The molecule has 1 aliphatic heterocycles. The maximum Gasteiger partial charge on any atom is 0.327 e. The Labute approximate surface area is 178 Å². The maximum atomic E-state index is 12.8. The summed E-state index contributed by atoms with van der Waals surface area (Å²) in [7, 11) is 0. The zero-order valence-electron chi connectivity index (χ0n) is 15.6. The molecule has 0 radical (unpaired) electrons. The molecule has 0 aromatic carbocycles. The molecule has 4 unspecified atom stereocenters. The average molecular weight is 451 g/mol. The molecule has 0 saturated carbocycles. The van der Waals surface area contributed by atoms with Crippen molar-refractivity contribution in [2.24, 2.45) is 5.73 Å². The van der Waals surface area contributed by atoms with Crippen molar-refractivity contribution in [1.82, 2.24) is 15.5 Å². The molecular formula is C16H26N4O7S2. The highest BCUT2D eigenvalue weighted by Crippen LogP contribution is 2.19. The first-order valence-corrected chi connectivity index (χ1v) is 10.2. The van der Waals surface area contributed by atoms with E-state index in [0.29, 0.717) is 12.8 Å².